The maximum absolute atomic E-state index is 6.11. The Bertz CT molecular complexity index is 504. The van der Waals surface area contributed by atoms with Gasteiger partial charge in [-0.1, -0.05) is 22.9 Å². The average molecular weight is 464 g/mol. The molecule has 2 fully saturated rings. The molecule has 1 aromatic rings. The van der Waals surface area contributed by atoms with Crippen molar-refractivity contribution in [3.63, 3.8) is 0 Å². The third-order valence-corrected chi connectivity index (χ3v) is 6.46. The van der Waals surface area contributed by atoms with Crippen molar-refractivity contribution in [1.29, 1.82) is 0 Å². The second-order valence-corrected chi connectivity index (χ2v) is 8.42. The van der Waals surface area contributed by atoms with Crippen LogP contribution in [0.25, 0.3) is 0 Å². The summed E-state index contributed by atoms with van der Waals surface area (Å²) in [5.41, 5.74) is 1.65. The molecule has 1 N–H and O–H groups in total. The zero-order valence-corrected chi connectivity index (χ0v) is 16.2. The fourth-order valence-corrected chi connectivity index (χ4v) is 4.82. The molecule has 1 saturated carbocycles. The summed E-state index contributed by atoms with van der Waals surface area (Å²) >= 11 is 6.10. The van der Waals surface area contributed by atoms with Gasteiger partial charge in [0.15, 0.2) is 0 Å². The van der Waals surface area contributed by atoms with Gasteiger partial charge in [-0.15, -0.1) is 0 Å². The highest BCUT2D eigenvalue weighted by molar-refractivity contribution is 14.1. The van der Waals surface area contributed by atoms with E-state index in [0.717, 1.165) is 13.2 Å². The Morgan fingerprint density at radius 1 is 1.48 bits per heavy atom. The van der Waals surface area contributed by atoms with E-state index in [2.05, 4.69) is 69.0 Å². The van der Waals surface area contributed by atoms with Gasteiger partial charge in [-0.25, -0.2) is 0 Å². The van der Waals surface area contributed by atoms with Crippen LogP contribution >= 0.6 is 38.5 Å². The lowest BCUT2D eigenvalue weighted by atomic mass is 9.69. The predicted molar refractivity (Wildman–Crippen MR) is 98.5 cm³/mol. The Labute approximate surface area is 149 Å². The highest BCUT2D eigenvalue weighted by Crippen LogP contribution is 2.47. The molecule has 0 amide bonds. The van der Waals surface area contributed by atoms with Crippen LogP contribution in [0.1, 0.15) is 50.6 Å². The van der Waals surface area contributed by atoms with Gasteiger partial charge in [0.25, 0.3) is 0 Å². The minimum Gasteiger partial charge on any atom is -0.375 e. The van der Waals surface area contributed by atoms with Crippen LogP contribution in [-0.4, -0.2) is 18.8 Å². The molecule has 116 valence electrons. The van der Waals surface area contributed by atoms with Gasteiger partial charge in [0.1, 0.15) is 0 Å². The van der Waals surface area contributed by atoms with Crippen molar-refractivity contribution >= 4 is 38.5 Å². The van der Waals surface area contributed by atoms with E-state index in [-0.39, 0.29) is 5.60 Å². The van der Waals surface area contributed by atoms with Crippen molar-refractivity contribution in [2.75, 3.05) is 13.2 Å². The first-order valence-corrected chi connectivity index (χ1v) is 9.83. The van der Waals surface area contributed by atoms with Gasteiger partial charge in [0.05, 0.1) is 5.60 Å². The normalized spacial score (nSPS) is 25.6. The van der Waals surface area contributed by atoms with E-state index in [1.165, 1.54) is 45.7 Å². The fraction of sp³-hybridized carbons (Fsp3) is 0.647. The van der Waals surface area contributed by atoms with Crippen LogP contribution in [-0.2, 0) is 4.74 Å². The van der Waals surface area contributed by atoms with E-state index in [4.69, 9.17) is 4.74 Å². The van der Waals surface area contributed by atoms with Crippen LogP contribution in [0.4, 0.5) is 0 Å². The zero-order valence-electron chi connectivity index (χ0n) is 12.5. The molecule has 1 aliphatic carbocycles. The Balaban J connectivity index is 1.84. The molecule has 2 nitrogen and oxygen atoms in total. The third kappa shape index (κ3) is 3.48. The van der Waals surface area contributed by atoms with Crippen LogP contribution in [0, 0.1) is 9.49 Å². The topological polar surface area (TPSA) is 21.3 Å². The molecular weight excluding hydrogens is 441 g/mol. The molecule has 2 unspecified atom stereocenters. The Morgan fingerprint density at radius 3 is 2.95 bits per heavy atom. The van der Waals surface area contributed by atoms with Crippen molar-refractivity contribution in [3.05, 3.63) is 31.8 Å². The lowest BCUT2D eigenvalue weighted by molar-refractivity contribution is -0.147. The first kappa shape index (κ1) is 16.2. The van der Waals surface area contributed by atoms with Crippen molar-refractivity contribution < 1.29 is 4.74 Å². The fourth-order valence-electron chi connectivity index (χ4n) is 3.77. The average Bonchev–Trinajstić information content (AvgIpc) is 2.46. The summed E-state index contributed by atoms with van der Waals surface area (Å²) < 4.78 is 8.64. The number of nitrogens with one attached hydrogen (secondary N) is 1. The summed E-state index contributed by atoms with van der Waals surface area (Å²) in [4.78, 5) is 0. The third-order valence-electron chi connectivity index (χ3n) is 4.98. The minimum absolute atomic E-state index is 0.216. The molecule has 0 bridgehead atoms. The molecule has 1 spiro atoms. The molecule has 2 atom stereocenters. The first-order chi connectivity index (χ1) is 10.1. The van der Waals surface area contributed by atoms with Crippen LogP contribution in [0.3, 0.4) is 0 Å². The number of halogens is 2. The quantitative estimate of drug-likeness (QED) is 0.630. The zero-order chi connectivity index (χ0) is 14.9. The molecule has 1 saturated heterocycles. The molecular formula is C17H23BrINO. The summed E-state index contributed by atoms with van der Waals surface area (Å²) in [6.45, 7) is 4.14. The maximum atomic E-state index is 6.11. The van der Waals surface area contributed by atoms with E-state index < -0.39 is 0 Å². The predicted octanol–water partition coefficient (Wildman–Crippen LogP) is 5.05. The van der Waals surface area contributed by atoms with Gasteiger partial charge >= 0.3 is 0 Å². The van der Waals surface area contributed by atoms with Gasteiger partial charge in [-0.05, 0) is 90.9 Å². The van der Waals surface area contributed by atoms with Gasteiger partial charge < -0.3 is 10.1 Å². The molecule has 1 aromatic carbocycles. The highest BCUT2D eigenvalue weighted by Gasteiger charge is 2.44. The Hall–Kier alpha value is 0.350. The van der Waals surface area contributed by atoms with E-state index in [1.807, 2.05) is 0 Å². The number of hydrogen-bond acceptors (Lipinski definition) is 2. The largest absolute Gasteiger partial charge is 0.375 e. The number of benzene rings is 1. The lowest BCUT2D eigenvalue weighted by Crippen LogP contribution is -2.48. The summed E-state index contributed by atoms with van der Waals surface area (Å²) in [7, 11) is 0. The standard InChI is InChI=1S/C17H23BrINO/c1-2-20-16(14-10-13(18)4-5-15(14)19)12-6-9-21-17(11-12)7-3-8-17/h4-5,10,12,16,20H,2-3,6-9,11H2,1H3. The smallest absolute Gasteiger partial charge is 0.0686 e. The van der Waals surface area contributed by atoms with Crippen molar-refractivity contribution in [3.8, 4) is 0 Å². The minimum atomic E-state index is 0.216. The van der Waals surface area contributed by atoms with Crippen LogP contribution in [0.5, 0.6) is 0 Å². The Kier molecular flexibility index (Phi) is 5.29. The number of ether oxygens (including phenoxy) is 1. The first-order valence-electron chi connectivity index (χ1n) is 7.96. The van der Waals surface area contributed by atoms with Gasteiger partial charge in [0, 0.05) is 20.7 Å². The second-order valence-electron chi connectivity index (χ2n) is 6.34. The monoisotopic (exact) mass is 463 g/mol. The summed E-state index contributed by atoms with van der Waals surface area (Å²) in [5.74, 6) is 0.682. The van der Waals surface area contributed by atoms with Gasteiger partial charge in [-0.3, -0.25) is 0 Å². The molecule has 2 aliphatic rings. The number of hydrogen-bond donors (Lipinski definition) is 1. The molecule has 3 rings (SSSR count). The van der Waals surface area contributed by atoms with E-state index >= 15 is 0 Å². The van der Waals surface area contributed by atoms with Crippen LogP contribution in [0.15, 0.2) is 22.7 Å². The van der Waals surface area contributed by atoms with Crippen molar-refractivity contribution in [2.24, 2.45) is 5.92 Å². The molecule has 4 heteroatoms. The molecule has 0 radical (unpaired) electrons. The highest BCUT2D eigenvalue weighted by atomic mass is 127. The molecule has 21 heavy (non-hydrogen) atoms. The molecule has 0 aromatic heterocycles. The van der Waals surface area contributed by atoms with E-state index in [1.54, 1.807) is 0 Å². The molecule has 1 aliphatic heterocycles. The Morgan fingerprint density at radius 2 is 2.29 bits per heavy atom. The summed E-state index contributed by atoms with van der Waals surface area (Å²) in [6.07, 6.45) is 6.25. The lowest BCUT2D eigenvalue weighted by Gasteiger charge is -2.49. The molecule has 1 heterocycles. The van der Waals surface area contributed by atoms with Crippen molar-refractivity contribution in [2.45, 2.75) is 50.7 Å². The van der Waals surface area contributed by atoms with Crippen molar-refractivity contribution in [1.82, 2.24) is 5.32 Å². The van der Waals surface area contributed by atoms with E-state index in [9.17, 15) is 0 Å². The second kappa shape index (κ2) is 6.85. The van der Waals surface area contributed by atoms with Gasteiger partial charge in [-0.2, -0.15) is 0 Å². The van der Waals surface area contributed by atoms with Crippen LogP contribution in [0.2, 0.25) is 0 Å². The maximum Gasteiger partial charge on any atom is 0.0686 e. The van der Waals surface area contributed by atoms with E-state index in [0.29, 0.717) is 12.0 Å². The van der Waals surface area contributed by atoms with Crippen LogP contribution < -0.4 is 5.32 Å². The SMILES string of the molecule is CCNC(c1cc(Br)ccc1I)C1CCOC2(CCC2)C1. The number of rotatable bonds is 4. The van der Waals surface area contributed by atoms with Gasteiger partial charge in [0.2, 0.25) is 0 Å². The summed E-state index contributed by atoms with van der Waals surface area (Å²) in [6, 6.07) is 7.08. The summed E-state index contributed by atoms with van der Waals surface area (Å²) in [5, 5.41) is 3.74.